The maximum Gasteiger partial charge on any atom is 0.227 e. The van der Waals surface area contributed by atoms with Gasteiger partial charge in [-0.3, -0.25) is 9.59 Å². The van der Waals surface area contributed by atoms with Crippen LogP contribution in [0.15, 0.2) is 30.3 Å². The topological polar surface area (TPSA) is 52.7 Å². The Morgan fingerprint density at radius 3 is 2.46 bits per heavy atom. The summed E-state index contributed by atoms with van der Waals surface area (Å²) in [4.78, 5) is 29.1. The van der Waals surface area contributed by atoms with Crippen molar-refractivity contribution < 1.29 is 9.59 Å². The number of piperidine rings is 1. The molecule has 5 heteroatoms. The molecule has 0 aliphatic carbocycles. The molecule has 1 aromatic rings. The van der Waals surface area contributed by atoms with Gasteiger partial charge in [0.25, 0.3) is 0 Å². The molecule has 1 N–H and O–H groups in total. The van der Waals surface area contributed by atoms with Crippen LogP contribution in [-0.2, 0) is 9.59 Å². The Morgan fingerprint density at radius 2 is 1.81 bits per heavy atom. The second-order valence-electron chi connectivity index (χ2n) is 8.32. The van der Waals surface area contributed by atoms with E-state index in [9.17, 15) is 9.59 Å². The SMILES string of the molecule is CC1CC(C)CN(CC(C)NC(=O)C2CC(=O)N(c3ccccc3)C2)C1. The molecule has 0 bridgehead atoms. The number of nitrogens with zero attached hydrogens (tertiary/aromatic N) is 2. The van der Waals surface area contributed by atoms with Crippen molar-refractivity contribution in [2.24, 2.45) is 17.8 Å². The van der Waals surface area contributed by atoms with Crippen LogP contribution in [0.3, 0.4) is 0 Å². The van der Waals surface area contributed by atoms with Gasteiger partial charge in [0.05, 0.1) is 5.92 Å². The number of nitrogens with one attached hydrogen (secondary N) is 1. The van der Waals surface area contributed by atoms with Crippen LogP contribution < -0.4 is 10.2 Å². The van der Waals surface area contributed by atoms with Crippen LogP contribution in [0.25, 0.3) is 0 Å². The number of anilines is 1. The molecule has 0 saturated carbocycles. The zero-order valence-corrected chi connectivity index (χ0v) is 16.1. The first kappa shape index (κ1) is 18.9. The van der Waals surface area contributed by atoms with Gasteiger partial charge >= 0.3 is 0 Å². The molecular formula is C21H31N3O2. The van der Waals surface area contributed by atoms with Gasteiger partial charge in [-0.05, 0) is 37.3 Å². The van der Waals surface area contributed by atoms with Crippen molar-refractivity contribution in [2.75, 3.05) is 31.1 Å². The number of likely N-dealkylation sites (tertiary alicyclic amines) is 1. The fourth-order valence-corrected chi connectivity index (χ4v) is 4.48. The van der Waals surface area contributed by atoms with Gasteiger partial charge in [0.2, 0.25) is 11.8 Å². The first-order valence-corrected chi connectivity index (χ1v) is 9.80. The molecule has 1 aromatic carbocycles. The highest BCUT2D eigenvalue weighted by atomic mass is 16.2. The number of rotatable bonds is 5. The van der Waals surface area contributed by atoms with E-state index in [2.05, 4.69) is 31.0 Å². The van der Waals surface area contributed by atoms with Gasteiger partial charge in [-0.25, -0.2) is 0 Å². The predicted molar refractivity (Wildman–Crippen MR) is 104 cm³/mol. The van der Waals surface area contributed by atoms with Crippen molar-refractivity contribution in [1.82, 2.24) is 10.2 Å². The Hall–Kier alpha value is -1.88. The van der Waals surface area contributed by atoms with Crippen LogP contribution >= 0.6 is 0 Å². The minimum atomic E-state index is -0.260. The smallest absolute Gasteiger partial charge is 0.227 e. The lowest BCUT2D eigenvalue weighted by molar-refractivity contribution is -0.127. The first-order chi connectivity index (χ1) is 12.4. The second-order valence-corrected chi connectivity index (χ2v) is 8.32. The number of amides is 2. The Morgan fingerprint density at radius 1 is 1.15 bits per heavy atom. The lowest BCUT2D eigenvalue weighted by Crippen LogP contribution is -2.48. The van der Waals surface area contributed by atoms with Crippen LogP contribution in [0.4, 0.5) is 5.69 Å². The number of carbonyl (C=O) groups excluding carboxylic acids is 2. The average molecular weight is 357 g/mol. The molecule has 2 heterocycles. The molecule has 2 fully saturated rings. The van der Waals surface area contributed by atoms with Crippen molar-refractivity contribution in [2.45, 2.75) is 39.7 Å². The summed E-state index contributed by atoms with van der Waals surface area (Å²) >= 11 is 0. The van der Waals surface area contributed by atoms with E-state index in [0.717, 1.165) is 25.3 Å². The zero-order chi connectivity index (χ0) is 18.7. The molecule has 142 valence electrons. The summed E-state index contributed by atoms with van der Waals surface area (Å²) in [6, 6.07) is 9.69. The summed E-state index contributed by atoms with van der Waals surface area (Å²) in [7, 11) is 0. The number of hydrogen-bond acceptors (Lipinski definition) is 3. The molecule has 4 unspecified atom stereocenters. The third-order valence-electron chi connectivity index (χ3n) is 5.43. The normalized spacial score (nSPS) is 28.2. The molecule has 2 amide bonds. The van der Waals surface area contributed by atoms with Gasteiger partial charge < -0.3 is 15.1 Å². The van der Waals surface area contributed by atoms with Crippen LogP contribution in [-0.4, -0.2) is 48.9 Å². The molecule has 2 saturated heterocycles. The largest absolute Gasteiger partial charge is 0.352 e. The molecule has 0 aromatic heterocycles. The number of hydrogen-bond donors (Lipinski definition) is 1. The fraction of sp³-hybridized carbons (Fsp3) is 0.619. The van der Waals surface area contributed by atoms with E-state index in [0.29, 0.717) is 24.8 Å². The highest BCUT2D eigenvalue weighted by Gasteiger charge is 2.35. The third-order valence-corrected chi connectivity index (χ3v) is 5.43. The quantitative estimate of drug-likeness (QED) is 0.881. The van der Waals surface area contributed by atoms with E-state index in [-0.39, 0.29) is 23.8 Å². The predicted octanol–water partition coefficient (Wildman–Crippen LogP) is 2.52. The zero-order valence-electron chi connectivity index (χ0n) is 16.1. The number of carbonyl (C=O) groups is 2. The lowest BCUT2D eigenvalue weighted by Gasteiger charge is -2.36. The number of benzene rings is 1. The summed E-state index contributed by atoms with van der Waals surface area (Å²) in [5, 5.41) is 3.13. The monoisotopic (exact) mass is 357 g/mol. The highest BCUT2D eigenvalue weighted by molar-refractivity contribution is 6.00. The van der Waals surface area contributed by atoms with E-state index in [1.807, 2.05) is 30.3 Å². The molecule has 0 radical (unpaired) electrons. The Kier molecular flexibility index (Phi) is 5.97. The molecule has 26 heavy (non-hydrogen) atoms. The lowest BCUT2D eigenvalue weighted by atomic mass is 9.91. The summed E-state index contributed by atoms with van der Waals surface area (Å²) < 4.78 is 0. The Labute approximate surface area is 156 Å². The van der Waals surface area contributed by atoms with Crippen LogP contribution in [0.1, 0.15) is 33.6 Å². The van der Waals surface area contributed by atoms with Gasteiger partial charge in [0.1, 0.15) is 0 Å². The first-order valence-electron chi connectivity index (χ1n) is 9.80. The van der Waals surface area contributed by atoms with E-state index in [4.69, 9.17) is 0 Å². The van der Waals surface area contributed by atoms with E-state index in [1.165, 1.54) is 6.42 Å². The minimum absolute atomic E-state index is 0.00221. The van der Waals surface area contributed by atoms with Gasteiger partial charge in [0, 0.05) is 44.3 Å². The molecule has 4 atom stereocenters. The van der Waals surface area contributed by atoms with Gasteiger partial charge in [-0.1, -0.05) is 32.0 Å². The minimum Gasteiger partial charge on any atom is -0.352 e. The second kappa shape index (κ2) is 8.21. The highest BCUT2D eigenvalue weighted by Crippen LogP contribution is 2.25. The van der Waals surface area contributed by atoms with Gasteiger partial charge in [-0.2, -0.15) is 0 Å². The maximum absolute atomic E-state index is 12.6. The summed E-state index contributed by atoms with van der Waals surface area (Å²) in [5.41, 5.74) is 0.872. The van der Waals surface area contributed by atoms with Crippen molar-refractivity contribution >= 4 is 17.5 Å². The van der Waals surface area contributed by atoms with E-state index < -0.39 is 0 Å². The fourth-order valence-electron chi connectivity index (χ4n) is 4.48. The molecule has 2 aliphatic rings. The standard InChI is InChI=1S/C21H31N3O2/c1-15-9-16(2)12-23(11-15)13-17(3)22-21(26)18-10-20(25)24(14-18)19-7-5-4-6-8-19/h4-8,15-18H,9-14H2,1-3H3,(H,22,26). The van der Waals surface area contributed by atoms with E-state index in [1.54, 1.807) is 4.90 Å². The van der Waals surface area contributed by atoms with E-state index >= 15 is 0 Å². The van der Waals surface area contributed by atoms with Gasteiger partial charge in [-0.15, -0.1) is 0 Å². The van der Waals surface area contributed by atoms with Crippen molar-refractivity contribution in [3.05, 3.63) is 30.3 Å². The molecular weight excluding hydrogens is 326 g/mol. The third kappa shape index (κ3) is 4.64. The number of para-hydroxylation sites is 1. The molecule has 0 spiro atoms. The van der Waals surface area contributed by atoms with Crippen molar-refractivity contribution in [3.63, 3.8) is 0 Å². The van der Waals surface area contributed by atoms with Crippen LogP contribution in [0, 0.1) is 17.8 Å². The van der Waals surface area contributed by atoms with Crippen molar-refractivity contribution in [3.8, 4) is 0 Å². The summed E-state index contributed by atoms with van der Waals surface area (Å²) in [5.74, 6) is 1.21. The Bertz CT molecular complexity index is 623. The van der Waals surface area contributed by atoms with Crippen LogP contribution in [0.5, 0.6) is 0 Å². The van der Waals surface area contributed by atoms with Crippen molar-refractivity contribution in [1.29, 1.82) is 0 Å². The van der Waals surface area contributed by atoms with Crippen LogP contribution in [0.2, 0.25) is 0 Å². The average Bonchev–Trinajstić information content (AvgIpc) is 2.96. The Balaban J connectivity index is 1.51. The summed E-state index contributed by atoms with van der Waals surface area (Å²) in [6.45, 7) is 10.2. The van der Waals surface area contributed by atoms with Gasteiger partial charge in [0.15, 0.2) is 0 Å². The molecule has 5 nitrogen and oxygen atoms in total. The summed E-state index contributed by atoms with van der Waals surface area (Å²) in [6.07, 6.45) is 1.59. The molecule has 2 aliphatic heterocycles. The molecule has 3 rings (SSSR count). The maximum atomic E-state index is 12.6.